The zero-order valence-electron chi connectivity index (χ0n) is 9.43. The summed E-state index contributed by atoms with van der Waals surface area (Å²) in [5.74, 6) is 0.180. The van der Waals surface area contributed by atoms with Gasteiger partial charge in [-0.1, -0.05) is 23.7 Å². The maximum absolute atomic E-state index is 13.8. The first kappa shape index (κ1) is 11.1. The van der Waals surface area contributed by atoms with Gasteiger partial charge >= 0.3 is 0 Å². The SMILES string of the molecule is Cc1nc(Cl)c2c(ncn2-c2ccccc2F)n1. The second kappa shape index (κ2) is 4.03. The molecule has 6 heteroatoms. The Morgan fingerprint density at radius 3 is 2.78 bits per heavy atom. The molecule has 0 spiro atoms. The Hall–Kier alpha value is -2.01. The number of aryl methyl sites for hydroxylation is 1. The number of imidazole rings is 1. The number of hydrogen-bond donors (Lipinski definition) is 0. The minimum atomic E-state index is -0.353. The first-order chi connectivity index (χ1) is 8.66. The van der Waals surface area contributed by atoms with Gasteiger partial charge < -0.3 is 0 Å². The molecule has 0 atom stereocenters. The van der Waals surface area contributed by atoms with Crippen LogP contribution in [0.1, 0.15) is 5.82 Å². The van der Waals surface area contributed by atoms with Crippen LogP contribution in [-0.2, 0) is 0 Å². The lowest BCUT2D eigenvalue weighted by Gasteiger charge is -2.05. The molecule has 0 unspecified atom stereocenters. The third kappa shape index (κ3) is 1.64. The van der Waals surface area contributed by atoms with Gasteiger partial charge in [-0.15, -0.1) is 0 Å². The van der Waals surface area contributed by atoms with Crippen molar-refractivity contribution in [2.45, 2.75) is 6.92 Å². The van der Waals surface area contributed by atoms with E-state index in [0.717, 1.165) is 0 Å². The Labute approximate surface area is 107 Å². The van der Waals surface area contributed by atoms with Crippen LogP contribution in [0.25, 0.3) is 16.9 Å². The van der Waals surface area contributed by atoms with Crippen LogP contribution >= 0.6 is 11.6 Å². The van der Waals surface area contributed by atoms with Crippen LogP contribution < -0.4 is 0 Å². The Bertz CT molecular complexity index is 738. The third-order valence-corrected chi connectivity index (χ3v) is 2.85. The number of halogens is 2. The number of benzene rings is 1. The number of fused-ring (bicyclic) bond motifs is 1. The molecular formula is C12H8ClFN4. The summed E-state index contributed by atoms with van der Waals surface area (Å²) in [5.41, 5.74) is 1.33. The average molecular weight is 263 g/mol. The molecule has 0 N–H and O–H groups in total. The second-order valence-electron chi connectivity index (χ2n) is 3.80. The van der Waals surface area contributed by atoms with Crippen molar-refractivity contribution in [1.29, 1.82) is 0 Å². The number of para-hydroxylation sites is 1. The summed E-state index contributed by atoms with van der Waals surface area (Å²) in [6, 6.07) is 6.39. The molecule has 0 aliphatic carbocycles. The molecule has 90 valence electrons. The monoisotopic (exact) mass is 262 g/mol. The van der Waals surface area contributed by atoms with Crippen LogP contribution in [-0.4, -0.2) is 19.5 Å². The third-order valence-electron chi connectivity index (χ3n) is 2.58. The molecule has 1 aromatic carbocycles. The van der Waals surface area contributed by atoms with E-state index in [1.165, 1.54) is 12.4 Å². The van der Waals surface area contributed by atoms with Gasteiger partial charge in [-0.3, -0.25) is 4.57 Å². The van der Waals surface area contributed by atoms with E-state index in [0.29, 0.717) is 22.7 Å². The molecule has 0 fully saturated rings. The number of rotatable bonds is 1. The van der Waals surface area contributed by atoms with Crippen molar-refractivity contribution in [2.75, 3.05) is 0 Å². The number of hydrogen-bond acceptors (Lipinski definition) is 3. The predicted molar refractivity (Wildman–Crippen MR) is 66.4 cm³/mol. The van der Waals surface area contributed by atoms with Crippen molar-refractivity contribution in [3.8, 4) is 5.69 Å². The van der Waals surface area contributed by atoms with E-state index in [2.05, 4.69) is 15.0 Å². The molecule has 0 saturated heterocycles. The maximum Gasteiger partial charge on any atom is 0.182 e. The summed E-state index contributed by atoms with van der Waals surface area (Å²) in [4.78, 5) is 12.3. The van der Waals surface area contributed by atoms with Gasteiger partial charge in [0.05, 0.1) is 5.69 Å². The Kier molecular flexibility index (Phi) is 2.48. The molecule has 3 rings (SSSR count). The fraction of sp³-hybridized carbons (Fsp3) is 0.0833. The van der Waals surface area contributed by atoms with Gasteiger partial charge in [0.25, 0.3) is 0 Å². The minimum absolute atomic E-state index is 0.262. The van der Waals surface area contributed by atoms with E-state index in [4.69, 9.17) is 11.6 Å². The smallest absolute Gasteiger partial charge is 0.182 e. The molecule has 0 amide bonds. The topological polar surface area (TPSA) is 43.6 Å². The molecule has 3 aromatic rings. The standard InChI is InChI=1S/C12H8ClFN4/c1-7-16-11(13)10-12(17-7)15-6-18(10)9-5-3-2-4-8(9)14/h2-6H,1H3. The molecule has 0 bridgehead atoms. The Morgan fingerprint density at radius 1 is 1.22 bits per heavy atom. The Balaban J connectivity index is 2.35. The molecule has 2 heterocycles. The van der Waals surface area contributed by atoms with Crippen LogP contribution in [0.15, 0.2) is 30.6 Å². The van der Waals surface area contributed by atoms with Crippen LogP contribution in [0, 0.1) is 12.7 Å². The van der Waals surface area contributed by atoms with Gasteiger partial charge in [0.2, 0.25) is 0 Å². The highest BCUT2D eigenvalue weighted by Gasteiger charge is 2.13. The largest absolute Gasteiger partial charge is 0.292 e. The first-order valence-corrected chi connectivity index (χ1v) is 5.66. The molecule has 0 radical (unpaired) electrons. The van der Waals surface area contributed by atoms with Crippen LogP contribution in [0.3, 0.4) is 0 Å². The summed E-state index contributed by atoms with van der Waals surface area (Å²) in [7, 11) is 0. The first-order valence-electron chi connectivity index (χ1n) is 5.29. The van der Waals surface area contributed by atoms with Gasteiger partial charge in [-0.2, -0.15) is 0 Å². The lowest BCUT2D eigenvalue weighted by molar-refractivity contribution is 0.619. The zero-order valence-corrected chi connectivity index (χ0v) is 10.2. The van der Waals surface area contributed by atoms with E-state index in [9.17, 15) is 4.39 Å². The quantitative estimate of drug-likeness (QED) is 0.634. The average Bonchev–Trinajstić information content (AvgIpc) is 2.73. The summed E-state index contributed by atoms with van der Waals surface area (Å²) < 4.78 is 15.3. The minimum Gasteiger partial charge on any atom is -0.292 e. The van der Waals surface area contributed by atoms with Gasteiger partial charge in [0.1, 0.15) is 23.5 Å². The molecule has 0 aliphatic rings. The lowest BCUT2D eigenvalue weighted by Crippen LogP contribution is -1.98. The van der Waals surface area contributed by atoms with Crippen molar-refractivity contribution >= 4 is 22.8 Å². The number of aromatic nitrogens is 4. The lowest BCUT2D eigenvalue weighted by atomic mass is 10.3. The maximum atomic E-state index is 13.8. The molecule has 4 nitrogen and oxygen atoms in total. The van der Waals surface area contributed by atoms with E-state index >= 15 is 0 Å². The van der Waals surface area contributed by atoms with Gasteiger partial charge in [-0.05, 0) is 19.1 Å². The molecular weight excluding hydrogens is 255 g/mol. The van der Waals surface area contributed by atoms with Crippen molar-refractivity contribution in [1.82, 2.24) is 19.5 Å². The van der Waals surface area contributed by atoms with Gasteiger partial charge in [-0.25, -0.2) is 19.3 Å². The van der Waals surface area contributed by atoms with E-state index in [1.54, 1.807) is 29.7 Å². The van der Waals surface area contributed by atoms with Crippen LogP contribution in [0.4, 0.5) is 4.39 Å². The molecule has 18 heavy (non-hydrogen) atoms. The van der Waals surface area contributed by atoms with Gasteiger partial charge in [0.15, 0.2) is 10.8 Å². The normalized spacial score (nSPS) is 11.1. The van der Waals surface area contributed by atoms with Crippen molar-refractivity contribution in [3.05, 3.63) is 47.4 Å². The van der Waals surface area contributed by atoms with E-state index in [1.807, 2.05) is 0 Å². The van der Waals surface area contributed by atoms with Crippen LogP contribution in [0.2, 0.25) is 5.15 Å². The summed E-state index contributed by atoms with van der Waals surface area (Å²) in [5, 5.41) is 0.262. The van der Waals surface area contributed by atoms with Crippen molar-refractivity contribution in [2.24, 2.45) is 0 Å². The highest BCUT2D eigenvalue weighted by atomic mass is 35.5. The van der Waals surface area contributed by atoms with Crippen molar-refractivity contribution in [3.63, 3.8) is 0 Å². The van der Waals surface area contributed by atoms with E-state index < -0.39 is 0 Å². The predicted octanol–water partition coefficient (Wildman–Crippen LogP) is 2.92. The Morgan fingerprint density at radius 2 is 2.00 bits per heavy atom. The summed E-state index contributed by atoms with van der Waals surface area (Å²) in [6.45, 7) is 1.73. The van der Waals surface area contributed by atoms with E-state index in [-0.39, 0.29) is 11.0 Å². The fourth-order valence-electron chi connectivity index (χ4n) is 1.82. The fourth-order valence-corrected chi connectivity index (χ4v) is 2.11. The van der Waals surface area contributed by atoms with Crippen molar-refractivity contribution < 1.29 is 4.39 Å². The van der Waals surface area contributed by atoms with Crippen LogP contribution in [0.5, 0.6) is 0 Å². The molecule has 0 aliphatic heterocycles. The molecule has 0 saturated carbocycles. The summed E-state index contributed by atoms with van der Waals surface area (Å²) >= 11 is 6.08. The highest BCUT2D eigenvalue weighted by molar-refractivity contribution is 6.33. The van der Waals surface area contributed by atoms with Gasteiger partial charge in [0, 0.05) is 0 Å². The summed E-state index contributed by atoms with van der Waals surface area (Å²) in [6.07, 6.45) is 1.49. The highest BCUT2D eigenvalue weighted by Crippen LogP contribution is 2.24. The molecule has 2 aromatic heterocycles. The second-order valence-corrected chi connectivity index (χ2v) is 4.16. The number of nitrogens with zero attached hydrogens (tertiary/aromatic N) is 4. The zero-order chi connectivity index (χ0) is 12.7.